The van der Waals surface area contributed by atoms with Crippen molar-refractivity contribution in [1.29, 1.82) is 0 Å². The predicted molar refractivity (Wildman–Crippen MR) is 121 cm³/mol. The van der Waals surface area contributed by atoms with Gasteiger partial charge in [0.15, 0.2) is 5.82 Å². The first-order valence-electron chi connectivity index (χ1n) is 11.2. The monoisotopic (exact) mass is 432 g/mol. The molecule has 1 aliphatic carbocycles. The summed E-state index contributed by atoms with van der Waals surface area (Å²) in [6, 6.07) is 15.5. The number of methoxy groups -OCH3 is 1. The number of carbonyl (C=O) groups is 2. The Morgan fingerprint density at radius 3 is 2.75 bits per heavy atom. The number of aromatic nitrogens is 2. The van der Waals surface area contributed by atoms with Crippen LogP contribution in [0.2, 0.25) is 0 Å². The standard InChI is InChI=1S/C25H28N4O3/c1-25(24(31)26-18-9-3-4-10-18)16-28-21-13-6-5-12-20(21)27-22(28)23(30)29(25)15-17-8-7-11-19(14-17)32-2/h5-8,11-14,18H,3-4,9-10,15-16H2,1-2H3,(H,26,31). The fourth-order valence-corrected chi connectivity index (χ4v) is 4.94. The first-order valence-corrected chi connectivity index (χ1v) is 11.2. The Morgan fingerprint density at radius 1 is 1.19 bits per heavy atom. The fraction of sp³-hybridized carbons (Fsp3) is 0.400. The molecule has 166 valence electrons. The van der Waals surface area contributed by atoms with Crippen LogP contribution in [-0.4, -0.2) is 45.0 Å². The van der Waals surface area contributed by atoms with Crippen LogP contribution in [0.5, 0.6) is 5.75 Å². The summed E-state index contributed by atoms with van der Waals surface area (Å²) in [6.45, 7) is 2.53. The molecule has 1 saturated carbocycles. The number of hydrogen-bond donors (Lipinski definition) is 1. The van der Waals surface area contributed by atoms with Crippen LogP contribution in [0.4, 0.5) is 0 Å². The molecule has 7 nitrogen and oxygen atoms in total. The van der Waals surface area contributed by atoms with Crippen LogP contribution in [0.25, 0.3) is 11.0 Å². The van der Waals surface area contributed by atoms with E-state index in [0.717, 1.165) is 48.0 Å². The zero-order chi connectivity index (χ0) is 22.3. The fourth-order valence-electron chi connectivity index (χ4n) is 4.94. The van der Waals surface area contributed by atoms with Gasteiger partial charge < -0.3 is 19.5 Å². The van der Waals surface area contributed by atoms with Gasteiger partial charge in [-0.05, 0) is 49.6 Å². The quantitative estimate of drug-likeness (QED) is 0.669. The highest BCUT2D eigenvalue weighted by molar-refractivity contribution is 6.01. The Labute approximate surface area is 187 Å². The van der Waals surface area contributed by atoms with Gasteiger partial charge in [0.1, 0.15) is 11.3 Å². The second-order valence-corrected chi connectivity index (χ2v) is 8.98. The molecule has 0 spiro atoms. The van der Waals surface area contributed by atoms with Crippen molar-refractivity contribution in [2.75, 3.05) is 7.11 Å². The third kappa shape index (κ3) is 3.42. The van der Waals surface area contributed by atoms with Crippen LogP contribution in [0.3, 0.4) is 0 Å². The largest absolute Gasteiger partial charge is 0.497 e. The van der Waals surface area contributed by atoms with E-state index in [9.17, 15) is 9.59 Å². The molecule has 3 aromatic rings. The van der Waals surface area contributed by atoms with Crippen LogP contribution in [-0.2, 0) is 17.9 Å². The lowest BCUT2D eigenvalue weighted by atomic mass is 9.93. The van der Waals surface area contributed by atoms with Crippen molar-refractivity contribution in [3.63, 3.8) is 0 Å². The SMILES string of the molecule is COc1cccc(CN2C(=O)c3nc4ccccc4n3CC2(C)C(=O)NC2CCCC2)c1. The Balaban J connectivity index is 1.56. The van der Waals surface area contributed by atoms with Gasteiger partial charge in [-0.3, -0.25) is 9.59 Å². The molecule has 1 aliphatic heterocycles. The van der Waals surface area contributed by atoms with E-state index in [-0.39, 0.29) is 17.9 Å². The lowest BCUT2D eigenvalue weighted by molar-refractivity contribution is -0.133. The number of ether oxygens (including phenoxy) is 1. The minimum atomic E-state index is -1.04. The molecule has 5 rings (SSSR count). The van der Waals surface area contributed by atoms with Gasteiger partial charge in [0, 0.05) is 12.6 Å². The lowest BCUT2D eigenvalue weighted by Crippen LogP contribution is -2.64. The average Bonchev–Trinajstić information content (AvgIpc) is 3.45. The molecule has 1 fully saturated rings. The van der Waals surface area contributed by atoms with Gasteiger partial charge >= 0.3 is 0 Å². The minimum Gasteiger partial charge on any atom is -0.497 e. The molecule has 2 heterocycles. The van der Waals surface area contributed by atoms with Crippen LogP contribution < -0.4 is 10.1 Å². The van der Waals surface area contributed by atoms with E-state index in [1.165, 1.54) is 0 Å². The van der Waals surface area contributed by atoms with E-state index in [1.54, 1.807) is 12.0 Å². The van der Waals surface area contributed by atoms with Gasteiger partial charge in [-0.25, -0.2) is 4.98 Å². The summed E-state index contributed by atoms with van der Waals surface area (Å²) >= 11 is 0. The first kappa shape index (κ1) is 20.5. The summed E-state index contributed by atoms with van der Waals surface area (Å²) in [5.74, 6) is 0.750. The van der Waals surface area contributed by atoms with Crippen molar-refractivity contribution >= 4 is 22.8 Å². The van der Waals surface area contributed by atoms with Gasteiger partial charge in [-0.15, -0.1) is 0 Å². The zero-order valence-corrected chi connectivity index (χ0v) is 18.5. The number of nitrogens with one attached hydrogen (secondary N) is 1. The van der Waals surface area contributed by atoms with Gasteiger partial charge in [0.05, 0.1) is 24.7 Å². The van der Waals surface area contributed by atoms with Crippen molar-refractivity contribution in [1.82, 2.24) is 19.8 Å². The first-order chi connectivity index (χ1) is 15.5. The Morgan fingerprint density at radius 2 is 1.97 bits per heavy atom. The van der Waals surface area contributed by atoms with E-state index >= 15 is 0 Å². The van der Waals surface area contributed by atoms with E-state index in [2.05, 4.69) is 10.3 Å². The number of benzene rings is 2. The van der Waals surface area contributed by atoms with Crippen molar-refractivity contribution in [2.45, 2.75) is 57.3 Å². The van der Waals surface area contributed by atoms with Gasteiger partial charge in [-0.1, -0.05) is 37.1 Å². The lowest BCUT2D eigenvalue weighted by Gasteiger charge is -2.44. The number of hydrogen-bond acceptors (Lipinski definition) is 4. The van der Waals surface area contributed by atoms with Crippen molar-refractivity contribution in [3.05, 3.63) is 59.9 Å². The molecule has 1 aromatic heterocycles. The molecule has 2 aliphatic rings. The van der Waals surface area contributed by atoms with Crippen LogP contribution >= 0.6 is 0 Å². The number of carbonyl (C=O) groups excluding carboxylic acids is 2. The maximum absolute atomic E-state index is 13.7. The molecule has 2 amide bonds. The number of amides is 2. The summed E-state index contributed by atoms with van der Waals surface area (Å²) in [6.07, 6.45) is 4.24. The summed E-state index contributed by atoms with van der Waals surface area (Å²) in [5.41, 5.74) is 1.50. The molecule has 0 bridgehead atoms. The highest BCUT2D eigenvalue weighted by Crippen LogP contribution is 2.33. The van der Waals surface area contributed by atoms with Crippen molar-refractivity contribution in [3.8, 4) is 5.75 Å². The van der Waals surface area contributed by atoms with Crippen LogP contribution in [0, 0.1) is 0 Å². The number of rotatable bonds is 5. The van der Waals surface area contributed by atoms with Crippen LogP contribution in [0.1, 0.15) is 48.8 Å². The number of fused-ring (bicyclic) bond motifs is 3. The van der Waals surface area contributed by atoms with Gasteiger partial charge in [-0.2, -0.15) is 0 Å². The molecule has 2 aromatic carbocycles. The second kappa shape index (κ2) is 7.97. The molecule has 0 radical (unpaired) electrons. The third-order valence-electron chi connectivity index (χ3n) is 6.81. The van der Waals surface area contributed by atoms with Gasteiger partial charge in [0.2, 0.25) is 5.91 Å². The van der Waals surface area contributed by atoms with E-state index in [4.69, 9.17) is 4.74 Å². The van der Waals surface area contributed by atoms with E-state index in [0.29, 0.717) is 18.9 Å². The molecule has 32 heavy (non-hydrogen) atoms. The highest BCUT2D eigenvalue weighted by atomic mass is 16.5. The second-order valence-electron chi connectivity index (χ2n) is 8.98. The normalized spacial score (nSPS) is 21.1. The van der Waals surface area contributed by atoms with Crippen molar-refractivity contribution < 1.29 is 14.3 Å². The third-order valence-corrected chi connectivity index (χ3v) is 6.81. The highest BCUT2D eigenvalue weighted by Gasteiger charge is 2.48. The topological polar surface area (TPSA) is 76.5 Å². The number of para-hydroxylation sites is 2. The summed E-state index contributed by atoms with van der Waals surface area (Å²) in [7, 11) is 1.62. The van der Waals surface area contributed by atoms with Gasteiger partial charge in [0.25, 0.3) is 5.91 Å². The molecular weight excluding hydrogens is 404 g/mol. The van der Waals surface area contributed by atoms with Crippen LogP contribution in [0.15, 0.2) is 48.5 Å². The van der Waals surface area contributed by atoms with Crippen molar-refractivity contribution in [2.24, 2.45) is 0 Å². The maximum Gasteiger partial charge on any atom is 0.291 e. The molecule has 7 heteroatoms. The summed E-state index contributed by atoms with van der Waals surface area (Å²) in [5, 5.41) is 3.23. The molecule has 0 saturated heterocycles. The average molecular weight is 433 g/mol. The Bertz CT molecular complexity index is 1180. The molecule has 1 N–H and O–H groups in total. The Kier molecular flexibility index (Phi) is 5.12. The smallest absolute Gasteiger partial charge is 0.291 e. The summed E-state index contributed by atoms with van der Waals surface area (Å²) in [4.78, 5) is 33.7. The number of nitrogens with zero attached hydrogens (tertiary/aromatic N) is 3. The van der Waals surface area contributed by atoms with E-state index in [1.807, 2.05) is 60.0 Å². The zero-order valence-electron chi connectivity index (χ0n) is 18.5. The minimum absolute atomic E-state index is 0.107. The Hall–Kier alpha value is -3.35. The number of imidazole rings is 1. The predicted octanol–water partition coefficient (Wildman–Crippen LogP) is 3.52. The van der Waals surface area contributed by atoms with E-state index < -0.39 is 5.54 Å². The maximum atomic E-state index is 13.7. The summed E-state index contributed by atoms with van der Waals surface area (Å²) < 4.78 is 7.25. The molecular formula is C25H28N4O3. The molecule has 1 atom stereocenters. The molecule has 1 unspecified atom stereocenters.